The van der Waals surface area contributed by atoms with E-state index in [9.17, 15) is 18.0 Å². The number of carbonyl (C=O) groups is 1. The molecule has 0 radical (unpaired) electrons. The van der Waals surface area contributed by atoms with Gasteiger partial charge in [-0.05, 0) is 69.2 Å². The van der Waals surface area contributed by atoms with Crippen LogP contribution in [-0.2, 0) is 11.0 Å². The van der Waals surface area contributed by atoms with Gasteiger partial charge in [0.25, 0.3) is 5.91 Å². The zero-order valence-electron chi connectivity index (χ0n) is 16.1. The topological polar surface area (TPSA) is 41.6 Å². The standard InChI is InChI=1S/C21H22ClF3N2O2/c1-20(2,29-16-8-6-15(22)7-9-16)19(28)26-17-13-14(21(23,24)25)5-10-18(17)27-11-3-4-12-27/h5-10,13H,3-4,11-12H2,1-2H3,(H,26,28). The number of nitrogens with zero attached hydrogens (tertiary/aromatic N) is 1. The van der Waals surface area contributed by atoms with Crippen LogP contribution in [0, 0.1) is 0 Å². The summed E-state index contributed by atoms with van der Waals surface area (Å²) in [6.07, 6.45) is -2.59. The smallest absolute Gasteiger partial charge is 0.416 e. The first-order valence-corrected chi connectivity index (χ1v) is 9.66. The number of nitrogens with one attached hydrogen (secondary N) is 1. The Balaban J connectivity index is 1.85. The van der Waals surface area contributed by atoms with Gasteiger partial charge in [0.1, 0.15) is 5.75 Å². The molecule has 3 rings (SSSR count). The highest BCUT2D eigenvalue weighted by atomic mass is 35.5. The van der Waals surface area contributed by atoms with Gasteiger partial charge in [-0.2, -0.15) is 13.2 Å². The third-order valence-electron chi connectivity index (χ3n) is 4.75. The van der Waals surface area contributed by atoms with E-state index in [1.54, 1.807) is 38.1 Å². The number of rotatable bonds is 5. The van der Waals surface area contributed by atoms with Crippen LogP contribution in [0.15, 0.2) is 42.5 Å². The molecule has 0 atom stereocenters. The summed E-state index contributed by atoms with van der Waals surface area (Å²) in [4.78, 5) is 14.8. The molecule has 2 aromatic rings. The summed E-state index contributed by atoms with van der Waals surface area (Å²) in [5.41, 5.74) is -1.43. The van der Waals surface area contributed by atoms with Gasteiger partial charge in [-0.1, -0.05) is 11.6 Å². The second-order valence-corrected chi connectivity index (χ2v) is 7.88. The molecule has 0 aromatic heterocycles. The highest BCUT2D eigenvalue weighted by Gasteiger charge is 2.34. The molecule has 1 aliphatic rings. The Morgan fingerprint density at radius 2 is 1.69 bits per heavy atom. The van der Waals surface area contributed by atoms with E-state index in [1.165, 1.54) is 6.07 Å². The zero-order chi connectivity index (χ0) is 21.2. The molecule has 8 heteroatoms. The van der Waals surface area contributed by atoms with Gasteiger partial charge < -0.3 is 15.0 Å². The van der Waals surface area contributed by atoms with Crippen molar-refractivity contribution in [2.24, 2.45) is 0 Å². The van der Waals surface area contributed by atoms with Crippen LogP contribution in [0.1, 0.15) is 32.3 Å². The molecule has 2 aromatic carbocycles. The fourth-order valence-electron chi connectivity index (χ4n) is 3.16. The molecule has 156 valence electrons. The minimum atomic E-state index is -4.50. The normalized spacial score (nSPS) is 14.8. The largest absolute Gasteiger partial charge is 0.478 e. The number of hydrogen-bond acceptors (Lipinski definition) is 3. The van der Waals surface area contributed by atoms with Crippen LogP contribution < -0.4 is 15.0 Å². The molecule has 0 bridgehead atoms. The molecule has 1 fully saturated rings. The zero-order valence-corrected chi connectivity index (χ0v) is 16.9. The van der Waals surface area contributed by atoms with Crippen LogP contribution in [0.2, 0.25) is 5.02 Å². The van der Waals surface area contributed by atoms with E-state index in [0.717, 1.165) is 38.1 Å². The summed E-state index contributed by atoms with van der Waals surface area (Å²) in [6, 6.07) is 9.93. The number of hydrogen-bond donors (Lipinski definition) is 1. The van der Waals surface area contributed by atoms with E-state index >= 15 is 0 Å². The van der Waals surface area contributed by atoms with E-state index in [4.69, 9.17) is 16.3 Å². The van der Waals surface area contributed by atoms with Crippen LogP contribution in [0.4, 0.5) is 24.5 Å². The van der Waals surface area contributed by atoms with Gasteiger partial charge in [0.2, 0.25) is 0 Å². The van der Waals surface area contributed by atoms with Crippen molar-refractivity contribution in [2.45, 2.75) is 38.5 Å². The van der Waals surface area contributed by atoms with Crippen molar-refractivity contribution in [1.82, 2.24) is 0 Å². The van der Waals surface area contributed by atoms with Crippen LogP contribution >= 0.6 is 11.6 Å². The molecule has 0 saturated carbocycles. The van der Waals surface area contributed by atoms with E-state index in [0.29, 0.717) is 16.5 Å². The maximum Gasteiger partial charge on any atom is 0.416 e. The maximum absolute atomic E-state index is 13.2. The van der Waals surface area contributed by atoms with Crippen molar-refractivity contribution in [1.29, 1.82) is 0 Å². The average molecular weight is 427 g/mol. The molecule has 0 unspecified atom stereocenters. The van der Waals surface area contributed by atoms with E-state index < -0.39 is 23.2 Å². The van der Waals surface area contributed by atoms with Crippen LogP contribution in [0.25, 0.3) is 0 Å². The Labute approximate surface area is 172 Å². The number of ether oxygens (including phenoxy) is 1. The number of carbonyl (C=O) groups excluding carboxylic acids is 1. The fraction of sp³-hybridized carbons (Fsp3) is 0.381. The molecule has 1 aliphatic heterocycles. The van der Waals surface area contributed by atoms with Crippen LogP contribution in [0.5, 0.6) is 5.75 Å². The third-order valence-corrected chi connectivity index (χ3v) is 5.00. The van der Waals surface area contributed by atoms with Gasteiger partial charge in [0.15, 0.2) is 5.60 Å². The van der Waals surface area contributed by atoms with Gasteiger partial charge in [0.05, 0.1) is 16.9 Å². The van der Waals surface area contributed by atoms with Crippen molar-refractivity contribution >= 4 is 28.9 Å². The van der Waals surface area contributed by atoms with Gasteiger partial charge in [0, 0.05) is 18.1 Å². The van der Waals surface area contributed by atoms with Gasteiger partial charge >= 0.3 is 6.18 Å². The molecule has 1 amide bonds. The highest BCUT2D eigenvalue weighted by molar-refractivity contribution is 6.30. The van der Waals surface area contributed by atoms with Crippen molar-refractivity contribution in [3.05, 3.63) is 53.1 Å². The Hall–Kier alpha value is -2.41. The Kier molecular flexibility index (Phi) is 5.98. The van der Waals surface area contributed by atoms with Gasteiger partial charge in [-0.3, -0.25) is 4.79 Å². The fourth-order valence-corrected chi connectivity index (χ4v) is 3.29. The Morgan fingerprint density at radius 3 is 2.28 bits per heavy atom. The van der Waals surface area contributed by atoms with Crippen molar-refractivity contribution in [3.8, 4) is 5.75 Å². The van der Waals surface area contributed by atoms with Crippen LogP contribution in [-0.4, -0.2) is 24.6 Å². The molecule has 29 heavy (non-hydrogen) atoms. The lowest BCUT2D eigenvalue weighted by Crippen LogP contribution is -2.42. The molecular weight excluding hydrogens is 405 g/mol. The lowest BCUT2D eigenvalue weighted by molar-refractivity contribution is -0.137. The molecule has 1 saturated heterocycles. The first-order chi connectivity index (χ1) is 13.6. The molecule has 0 spiro atoms. The van der Waals surface area contributed by atoms with Crippen molar-refractivity contribution in [2.75, 3.05) is 23.3 Å². The van der Waals surface area contributed by atoms with E-state index in [2.05, 4.69) is 5.32 Å². The minimum Gasteiger partial charge on any atom is -0.478 e. The monoisotopic (exact) mass is 426 g/mol. The first-order valence-electron chi connectivity index (χ1n) is 9.28. The Morgan fingerprint density at radius 1 is 1.07 bits per heavy atom. The summed E-state index contributed by atoms with van der Waals surface area (Å²) < 4.78 is 45.4. The van der Waals surface area contributed by atoms with Crippen LogP contribution in [0.3, 0.4) is 0 Å². The highest BCUT2D eigenvalue weighted by Crippen LogP contribution is 2.37. The molecule has 0 aliphatic carbocycles. The SMILES string of the molecule is CC(C)(Oc1ccc(Cl)cc1)C(=O)Nc1cc(C(F)(F)F)ccc1N1CCCC1. The lowest BCUT2D eigenvalue weighted by atomic mass is 10.1. The summed E-state index contributed by atoms with van der Waals surface area (Å²) in [7, 11) is 0. The molecule has 1 N–H and O–H groups in total. The second kappa shape index (κ2) is 8.14. The lowest BCUT2D eigenvalue weighted by Gasteiger charge is -2.28. The number of benzene rings is 2. The first kappa shape index (κ1) is 21.3. The summed E-state index contributed by atoms with van der Waals surface area (Å²) >= 11 is 5.85. The molecular formula is C21H22ClF3N2O2. The summed E-state index contributed by atoms with van der Waals surface area (Å²) in [6.45, 7) is 4.58. The maximum atomic E-state index is 13.2. The van der Waals surface area contributed by atoms with Gasteiger partial charge in [-0.15, -0.1) is 0 Å². The predicted molar refractivity (Wildman–Crippen MR) is 108 cm³/mol. The predicted octanol–water partition coefficient (Wildman–Crippen LogP) is 5.76. The molecule has 4 nitrogen and oxygen atoms in total. The van der Waals surface area contributed by atoms with Gasteiger partial charge in [-0.25, -0.2) is 0 Å². The third kappa shape index (κ3) is 5.15. The summed E-state index contributed by atoms with van der Waals surface area (Å²) in [5, 5.41) is 3.17. The minimum absolute atomic E-state index is 0.125. The van der Waals surface area contributed by atoms with E-state index in [1.807, 2.05) is 4.90 Å². The number of amides is 1. The second-order valence-electron chi connectivity index (χ2n) is 7.44. The van der Waals surface area contributed by atoms with E-state index in [-0.39, 0.29) is 5.69 Å². The van der Waals surface area contributed by atoms with Crippen molar-refractivity contribution in [3.63, 3.8) is 0 Å². The average Bonchev–Trinajstić information content (AvgIpc) is 3.17. The summed E-state index contributed by atoms with van der Waals surface area (Å²) in [5.74, 6) is -0.120. The van der Waals surface area contributed by atoms with Crippen molar-refractivity contribution < 1.29 is 22.7 Å². The Bertz CT molecular complexity index is 876. The number of alkyl halides is 3. The number of anilines is 2. The quantitative estimate of drug-likeness (QED) is 0.661. The molecule has 1 heterocycles. The number of halogens is 4.